The van der Waals surface area contributed by atoms with Crippen molar-refractivity contribution < 1.29 is 14.6 Å². The highest BCUT2D eigenvalue weighted by Gasteiger charge is 2.57. The Morgan fingerprint density at radius 3 is 2.52 bits per heavy atom. The molecule has 2 N–H and O–H groups in total. The van der Waals surface area contributed by atoms with Crippen LogP contribution in [0.3, 0.4) is 0 Å². The van der Waals surface area contributed by atoms with Crippen molar-refractivity contribution in [3.63, 3.8) is 0 Å². The summed E-state index contributed by atoms with van der Waals surface area (Å²) in [5, 5.41) is 13.8. The zero-order chi connectivity index (χ0) is 17.5. The van der Waals surface area contributed by atoms with Gasteiger partial charge in [0.25, 0.3) is 0 Å². The first kappa shape index (κ1) is 16.9. The van der Waals surface area contributed by atoms with Crippen molar-refractivity contribution >= 4 is 5.91 Å². The van der Waals surface area contributed by atoms with Crippen LogP contribution in [0.2, 0.25) is 0 Å². The van der Waals surface area contributed by atoms with E-state index in [0.717, 1.165) is 37.9 Å². The summed E-state index contributed by atoms with van der Waals surface area (Å²) in [4.78, 5) is 12.4. The molecule has 2 unspecified atom stereocenters. The number of carbonyl (C=O) groups is 1. The third kappa shape index (κ3) is 3.69. The number of aryl methyl sites for hydroxylation is 1. The lowest BCUT2D eigenvalue weighted by Crippen LogP contribution is -2.56. The van der Waals surface area contributed by atoms with Crippen LogP contribution in [-0.4, -0.2) is 29.8 Å². The minimum Gasteiger partial charge on any atom is -0.492 e. The fourth-order valence-corrected chi connectivity index (χ4v) is 6.01. The molecule has 0 spiro atoms. The number of rotatable bonds is 6. The maximum atomic E-state index is 12.4. The van der Waals surface area contributed by atoms with Gasteiger partial charge in [0.1, 0.15) is 12.4 Å². The highest BCUT2D eigenvalue weighted by molar-refractivity contribution is 5.76. The van der Waals surface area contributed by atoms with Gasteiger partial charge in [-0.05, 0) is 74.8 Å². The molecule has 5 rings (SSSR count). The molecular formula is C21H29NO3. The van der Waals surface area contributed by atoms with E-state index in [1.54, 1.807) is 0 Å². The van der Waals surface area contributed by atoms with Gasteiger partial charge in [0.15, 0.2) is 0 Å². The van der Waals surface area contributed by atoms with Crippen LogP contribution in [0.1, 0.15) is 50.5 Å². The van der Waals surface area contributed by atoms with E-state index in [1.807, 2.05) is 31.2 Å². The van der Waals surface area contributed by atoms with Gasteiger partial charge in [0.05, 0.1) is 12.1 Å². The molecule has 25 heavy (non-hydrogen) atoms. The van der Waals surface area contributed by atoms with E-state index in [4.69, 9.17) is 4.74 Å². The van der Waals surface area contributed by atoms with Gasteiger partial charge in [-0.25, -0.2) is 0 Å². The maximum absolute atomic E-state index is 12.4. The van der Waals surface area contributed by atoms with E-state index < -0.39 is 5.60 Å². The van der Waals surface area contributed by atoms with Gasteiger partial charge >= 0.3 is 0 Å². The average Bonchev–Trinajstić information content (AvgIpc) is 2.50. The van der Waals surface area contributed by atoms with Crippen LogP contribution in [0.15, 0.2) is 24.3 Å². The summed E-state index contributed by atoms with van der Waals surface area (Å²) in [6.45, 7) is 3.06. The SMILES string of the molecule is Cc1ccc(OCCNC(=O)CC23CC4CC(CC(O)(C4)C2)C3)cc1. The lowest BCUT2D eigenvalue weighted by atomic mass is 9.47. The number of amides is 1. The van der Waals surface area contributed by atoms with Gasteiger partial charge < -0.3 is 15.2 Å². The summed E-state index contributed by atoms with van der Waals surface area (Å²) in [6.07, 6.45) is 6.80. The third-order valence-corrected chi connectivity index (χ3v) is 6.40. The zero-order valence-corrected chi connectivity index (χ0v) is 15.1. The summed E-state index contributed by atoms with van der Waals surface area (Å²) in [7, 11) is 0. The Labute approximate surface area is 150 Å². The van der Waals surface area contributed by atoms with Crippen LogP contribution in [0, 0.1) is 24.2 Å². The molecule has 4 fully saturated rings. The summed E-state index contributed by atoms with van der Waals surface area (Å²) in [6, 6.07) is 7.94. The quantitative estimate of drug-likeness (QED) is 0.780. The Kier molecular flexibility index (Phi) is 4.27. The van der Waals surface area contributed by atoms with Crippen LogP contribution < -0.4 is 10.1 Å². The van der Waals surface area contributed by atoms with E-state index >= 15 is 0 Å². The number of hydrogen-bond acceptors (Lipinski definition) is 3. The van der Waals surface area contributed by atoms with Crippen molar-refractivity contribution in [3.8, 4) is 5.75 Å². The predicted octanol–water partition coefficient (Wildman–Crippen LogP) is 3.21. The van der Waals surface area contributed by atoms with Gasteiger partial charge in [-0.2, -0.15) is 0 Å². The smallest absolute Gasteiger partial charge is 0.220 e. The summed E-state index contributed by atoms with van der Waals surface area (Å²) in [5.74, 6) is 2.20. The van der Waals surface area contributed by atoms with Crippen molar-refractivity contribution in [2.24, 2.45) is 17.3 Å². The van der Waals surface area contributed by atoms with Crippen LogP contribution in [-0.2, 0) is 4.79 Å². The molecule has 1 aromatic rings. The Morgan fingerprint density at radius 1 is 1.20 bits per heavy atom. The third-order valence-electron chi connectivity index (χ3n) is 6.40. The second kappa shape index (κ2) is 6.31. The Bertz CT molecular complexity index is 625. The van der Waals surface area contributed by atoms with Crippen LogP contribution in [0.4, 0.5) is 0 Å². The Hall–Kier alpha value is -1.55. The number of benzene rings is 1. The van der Waals surface area contributed by atoms with Gasteiger partial charge in [-0.15, -0.1) is 0 Å². The van der Waals surface area contributed by atoms with Crippen LogP contribution in [0.25, 0.3) is 0 Å². The van der Waals surface area contributed by atoms with Crippen molar-refractivity contribution in [2.75, 3.05) is 13.2 Å². The van der Waals surface area contributed by atoms with Crippen LogP contribution >= 0.6 is 0 Å². The molecule has 1 aromatic carbocycles. The predicted molar refractivity (Wildman–Crippen MR) is 96.4 cm³/mol. The molecule has 136 valence electrons. The molecule has 0 aromatic heterocycles. The molecule has 0 saturated heterocycles. The largest absolute Gasteiger partial charge is 0.492 e. The highest BCUT2D eigenvalue weighted by Crippen LogP contribution is 2.62. The Morgan fingerprint density at radius 2 is 1.88 bits per heavy atom. The number of hydrogen-bond donors (Lipinski definition) is 2. The molecule has 4 nitrogen and oxygen atoms in total. The first-order chi connectivity index (χ1) is 11.9. The first-order valence-corrected chi connectivity index (χ1v) is 9.62. The fraction of sp³-hybridized carbons (Fsp3) is 0.667. The Balaban J connectivity index is 1.25. The average molecular weight is 343 g/mol. The van der Waals surface area contributed by atoms with E-state index in [-0.39, 0.29) is 11.3 Å². The van der Waals surface area contributed by atoms with E-state index in [1.165, 1.54) is 12.0 Å². The standard InChI is InChI=1S/C21H29NO3/c1-15-2-4-18(5-3-15)25-7-6-22-19(23)13-20-9-16-8-17(10-20)12-21(24,11-16)14-20/h2-5,16-17,24H,6-14H2,1H3,(H,22,23). The van der Waals surface area contributed by atoms with Crippen molar-refractivity contribution in [3.05, 3.63) is 29.8 Å². The minimum absolute atomic E-state index is 0.0424. The normalized spacial score (nSPS) is 35.6. The lowest BCUT2D eigenvalue weighted by Gasteiger charge is -2.60. The summed E-state index contributed by atoms with van der Waals surface area (Å²) < 4.78 is 5.67. The molecule has 0 heterocycles. The van der Waals surface area contributed by atoms with E-state index in [0.29, 0.717) is 31.4 Å². The van der Waals surface area contributed by atoms with E-state index in [9.17, 15) is 9.90 Å². The monoisotopic (exact) mass is 343 g/mol. The summed E-state index contributed by atoms with van der Waals surface area (Å²) >= 11 is 0. The van der Waals surface area contributed by atoms with Crippen molar-refractivity contribution in [1.82, 2.24) is 5.32 Å². The van der Waals surface area contributed by atoms with Gasteiger partial charge in [0, 0.05) is 6.42 Å². The fourth-order valence-electron chi connectivity index (χ4n) is 6.01. The summed E-state index contributed by atoms with van der Waals surface area (Å²) in [5.41, 5.74) is 0.762. The molecule has 2 atom stereocenters. The van der Waals surface area contributed by atoms with Gasteiger partial charge in [0.2, 0.25) is 5.91 Å². The van der Waals surface area contributed by atoms with Crippen molar-refractivity contribution in [1.29, 1.82) is 0 Å². The molecule has 1 amide bonds. The van der Waals surface area contributed by atoms with Gasteiger partial charge in [-0.3, -0.25) is 4.79 Å². The highest BCUT2D eigenvalue weighted by atomic mass is 16.5. The second-order valence-electron chi connectivity index (χ2n) is 8.87. The number of nitrogens with one attached hydrogen (secondary N) is 1. The van der Waals surface area contributed by atoms with Crippen molar-refractivity contribution in [2.45, 2.75) is 57.5 Å². The molecule has 0 aliphatic heterocycles. The molecule has 4 heteroatoms. The molecular weight excluding hydrogens is 314 g/mol. The first-order valence-electron chi connectivity index (χ1n) is 9.62. The number of aliphatic hydroxyl groups is 1. The van der Waals surface area contributed by atoms with Crippen LogP contribution in [0.5, 0.6) is 5.75 Å². The zero-order valence-electron chi connectivity index (χ0n) is 15.1. The molecule has 4 aliphatic carbocycles. The number of ether oxygens (including phenoxy) is 1. The molecule has 4 aliphatic rings. The van der Waals surface area contributed by atoms with E-state index in [2.05, 4.69) is 5.32 Å². The second-order valence-corrected chi connectivity index (χ2v) is 8.87. The maximum Gasteiger partial charge on any atom is 0.220 e. The minimum atomic E-state index is -0.487. The molecule has 4 bridgehead atoms. The lowest BCUT2D eigenvalue weighted by molar-refractivity contribution is -0.169. The van der Waals surface area contributed by atoms with Gasteiger partial charge in [-0.1, -0.05) is 17.7 Å². The topological polar surface area (TPSA) is 58.6 Å². The number of carbonyl (C=O) groups excluding carboxylic acids is 1. The molecule has 4 saturated carbocycles. The molecule has 0 radical (unpaired) electrons.